The molecular weight excluding hydrogens is 367 g/mol. The van der Waals surface area contributed by atoms with Gasteiger partial charge in [0.15, 0.2) is 0 Å². The summed E-state index contributed by atoms with van der Waals surface area (Å²) in [5.41, 5.74) is 3.48. The third-order valence-electron chi connectivity index (χ3n) is 5.17. The number of benzene rings is 2. The first-order valence-corrected chi connectivity index (χ1v) is 9.92. The van der Waals surface area contributed by atoms with Crippen LogP contribution in [0.15, 0.2) is 54.6 Å². The molecule has 0 saturated heterocycles. The van der Waals surface area contributed by atoms with E-state index in [1.54, 1.807) is 25.1 Å². The van der Waals surface area contributed by atoms with Crippen LogP contribution in [0.25, 0.3) is 11.3 Å². The Balaban J connectivity index is 1.72. The van der Waals surface area contributed by atoms with Crippen molar-refractivity contribution in [2.24, 2.45) is 0 Å². The molecule has 0 aliphatic heterocycles. The minimum atomic E-state index is -0.259. The minimum absolute atomic E-state index is 0.0947. The molecule has 0 fully saturated rings. The highest BCUT2D eigenvalue weighted by Gasteiger charge is 2.20. The number of carbonyl (C=O) groups excluding carboxylic acids is 1. The molecule has 0 aliphatic rings. The first-order valence-electron chi connectivity index (χ1n) is 9.92. The number of H-pyrrole nitrogens is 1. The molecular formula is C23H27FN4O. The van der Waals surface area contributed by atoms with Gasteiger partial charge < -0.3 is 5.32 Å². The normalized spacial score (nSPS) is 12.2. The molecule has 0 saturated carbocycles. The zero-order chi connectivity index (χ0) is 20.8. The Morgan fingerprint density at radius 2 is 1.86 bits per heavy atom. The zero-order valence-corrected chi connectivity index (χ0v) is 17.1. The molecule has 0 spiro atoms. The van der Waals surface area contributed by atoms with Gasteiger partial charge in [-0.2, -0.15) is 5.10 Å². The zero-order valence-electron chi connectivity index (χ0n) is 17.1. The second-order valence-corrected chi connectivity index (χ2v) is 6.99. The number of likely N-dealkylation sites (N-methyl/N-ethyl adjacent to an activating group) is 1. The molecule has 1 heterocycles. The van der Waals surface area contributed by atoms with Crippen LogP contribution in [0, 0.1) is 12.7 Å². The largest absolute Gasteiger partial charge is 0.349 e. The summed E-state index contributed by atoms with van der Waals surface area (Å²) in [5, 5.41) is 10.0. The Hall–Kier alpha value is -2.99. The Bertz CT molecular complexity index is 951. The molecule has 3 aromatic rings. The molecule has 29 heavy (non-hydrogen) atoms. The Kier molecular flexibility index (Phi) is 6.77. The first-order chi connectivity index (χ1) is 14.0. The third-order valence-corrected chi connectivity index (χ3v) is 5.17. The molecule has 2 aromatic carbocycles. The number of halogens is 1. The summed E-state index contributed by atoms with van der Waals surface area (Å²) in [4.78, 5) is 15.0. The van der Waals surface area contributed by atoms with Crippen molar-refractivity contribution in [2.45, 2.75) is 26.8 Å². The monoisotopic (exact) mass is 394 g/mol. The quantitative estimate of drug-likeness (QED) is 0.598. The maximum absolute atomic E-state index is 13.5. The molecule has 1 atom stereocenters. The lowest BCUT2D eigenvalue weighted by atomic mass is 10.0. The lowest BCUT2D eigenvalue weighted by Gasteiger charge is -2.30. The van der Waals surface area contributed by atoms with Crippen LogP contribution in [0.4, 0.5) is 4.39 Å². The predicted octanol–water partition coefficient (Wildman–Crippen LogP) is 4.34. The van der Waals surface area contributed by atoms with Crippen LogP contribution < -0.4 is 5.32 Å². The van der Waals surface area contributed by atoms with Crippen LogP contribution >= 0.6 is 0 Å². The summed E-state index contributed by atoms with van der Waals surface area (Å²) in [5.74, 6) is -0.471. The third kappa shape index (κ3) is 4.90. The van der Waals surface area contributed by atoms with Crippen molar-refractivity contribution in [1.82, 2.24) is 20.4 Å². The molecule has 1 unspecified atom stereocenters. The highest BCUT2D eigenvalue weighted by Crippen LogP contribution is 2.22. The van der Waals surface area contributed by atoms with Crippen LogP contribution in [0.1, 0.15) is 41.5 Å². The van der Waals surface area contributed by atoms with E-state index in [0.29, 0.717) is 23.5 Å². The molecule has 3 rings (SSSR count). The van der Waals surface area contributed by atoms with Crippen LogP contribution in [0.2, 0.25) is 0 Å². The highest BCUT2D eigenvalue weighted by molar-refractivity contribution is 5.93. The van der Waals surface area contributed by atoms with Crippen LogP contribution in [-0.4, -0.2) is 40.6 Å². The van der Waals surface area contributed by atoms with Crippen LogP contribution in [-0.2, 0) is 0 Å². The molecule has 152 valence electrons. The van der Waals surface area contributed by atoms with Crippen molar-refractivity contribution in [3.8, 4) is 11.3 Å². The van der Waals surface area contributed by atoms with E-state index in [2.05, 4.69) is 46.4 Å². The molecule has 0 bridgehead atoms. The number of carbonyl (C=O) groups is 1. The lowest BCUT2D eigenvalue weighted by molar-refractivity contribution is 0.0930. The van der Waals surface area contributed by atoms with Gasteiger partial charge in [-0.3, -0.25) is 14.8 Å². The lowest BCUT2D eigenvalue weighted by Crippen LogP contribution is -2.38. The highest BCUT2D eigenvalue weighted by atomic mass is 19.1. The molecule has 0 aliphatic carbocycles. The second-order valence-electron chi connectivity index (χ2n) is 6.99. The summed E-state index contributed by atoms with van der Waals surface area (Å²) in [7, 11) is 0. The molecule has 1 amide bonds. The summed E-state index contributed by atoms with van der Waals surface area (Å²) in [6.07, 6.45) is 0. The summed E-state index contributed by atoms with van der Waals surface area (Å²) < 4.78 is 13.5. The van der Waals surface area contributed by atoms with Gasteiger partial charge in [0.25, 0.3) is 5.91 Å². The summed E-state index contributed by atoms with van der Waals surface area (Å²) in [6, 6.07) is 16.8. The first kappa shape index (κ1) is 20.7. The van der Waals surface area contributed by atoms with Crippen molar-refractivity contribution in [3.05, 3.63) is 77.2 Å². The number of rotatable bonds is 8. The van der Waals surface area contributed by atoms with Crippen molar-refractivity contribution >= 4 is 5.91 Å². The SMILES string of the molecule is CCN(CC)C(CNC(=O)c1cc(-c2ccc(F)c(C)c2)n[nH]1)c1ccccc1. The number of nitrogens with one attached hydrogen (secondary N) is 2. The fraction of sp³-hybridized carbons (Fsp3) is 0.304. The summed E-state index contributed by atoms with van der Waals surface area (Å²) >= 11 is 0. The number of aryl methyl sites for hydroxylation is 1. The Morgan fingerprint density at radius 3 is 2.52 bits per heavy atom. The van der Waals surface area contributed by atoms with Crippen molar-refractivity contribution in [1.29, 1.82) is 0 Å². The number of aromatic amines is 1. The maximum Gasteiger partial charge on any atom is 0.269 e. The average Bonchev–Trinajstić information content (AvgIpc) is 3.24. The van der Waals surface area contributed by atoms with E-state index >= 15 is 0 Å². The Labute approximate surface area is 170 Å². The van der Waals surface area contributed by atoms with E-state index < -0.39 is 0 Å². The molecule has 1 aromatic heterocycles. The fourth-order valence-corrected chi connectivity index (χ4v) is 3.47. The van der Waals surface area contributed by atoms with Crippen molar-refractivity contribution in [3.63, 3.8) is 0 Å². The maximum atomic E-state index is 13.5. The summed E-state index contributed by atoms with van der Waals surface area (Å²) in [6.45, 7) is 8.22. The van der Waals surface area contributed by atoms with E-state index in [-0.39, 0.29) is 17.8 Å². The van der Waals surface area contributed by atoms with E-state index in [9.17, 15) is 9.18 Å². The van der Waals surface area contributed by atoms with E-state index in [4.69, 9.17) is 0 Å². The number of hydrogen-bond donors (Lipinski definition) is 2. The van der Waals surface area contributed by atoms with Crippen molar-refractivity contribution < 1.29 is 9.18 Å². The van der Waals surface area contributed by atoms with E-state index in [1.807, 2.05) is 18.2 Å². The van der Waals surface area contributed by atoms with Crippen LogP contribution in [0.3, 0.4) is 0 Å². The van der Waals surface area contributed by atoms with Gasteiger partial charge in [0, 0.05) is 12.1 Å². The number of hydrogen-bond acceptors (Lipinski definition) is 3. The standard InChI is InChI=1S/C23H27FN4O/c1-4-28(5-2)22(17-9-7-6-8-10-17)15-25-23(29)21-14-20(26-27-21)18-11-12-19(24)16(3)13-18/h6-14,22H,4-5,15H2,1-3H3,(H,25,29)(H,26,27). The molecule has 5 nitrogen and oxygen atoms in total. The number of amides is 1. The van der Waals surface area contributed by atoms with Gasteiger partial charge in [-0.25, -0.2) is 4.39 Å². The van der Waals surface area contributed by atoms with Gasteiger partial charge in [-0.15, -0.1) is 0 Å². The van der Waals surface area contributed by atoms with Gasteiger partial charge >= 0.3 is 0 Å². The van der Waals surface area contributed by atoms with E-state index in [1.165, 1.54) is 11.6 Å². The van der Waals surface area contributed by atoms with Crippen molar-refractivity contribution in [2.75, 3.05) is 19.6 Å². The smallest absolute Gasteiger partial charge is 0.269 e. The van der Waals surface area contributed by atoms with Gasteiger partial charge in [0.2, 0.25) is 0 Å². The minimum Gasteiger partial charge on any atom is -0.349 e. The molecule has 6 heteroatoms. The Morgan fingerprint density at radius 1 is 1.14 bits per heavy atom. The van der Waals surface area contributed by atoms with Gasteiger partial charge in [-0.1, -0.05) is 44.2 Å². The average molecular weight is 394 g/mol. The molecule has 0 radical (unpaired) electrons. The molecule has 2 N–H and O–H groups in total. The predicted molar refractivity (Wildman–Crippen MR) is 113 cm³/mol. The van der Waals surface area contributed by atoms with Gasteiger partial charge in [0.05, 0.1) is 11.7 Å². The van der Waals surface area contributed by atoms with Gasteiger partial charge in [0.1, 0.15) is 11.5 Å². The number of aromatic nitrogens is 2. The number of nitrogens with zero attached hydrogens (tertiary/aromatic N) is 2. The van der Waals surface area contributed by atoms with Crippen LogP contribution in [0.5, 0.6) is 0 Å². The topological polar surface area (TPSA) is 61.0 Å². The second kappa shape index (κ2) is 9.47. The fourth-order valence-electron chi connectivity index (χ4n) is 3.47. The van der Waals surface area contributed by atoms with E-state index in [0.717, 1.165) is 18.7 Å². The van der Waals surface area contributed by atoms with Gasteiger partial charge in [-0.05, 0) is 55.4 Å².